The first-order valence-electron chi connectivity index (χ1n) is 6.56. The van der Waals surface area contributed by atoms with Crippen molar-refractivity contribution in [3.05, 3.63) is 11.2 Å². The predicted octanol–water partition coefficient (Wildman–Crippen LogP) is 1.35. The molecule has 0 radical (unpaired) electrons. The molecular weight excluding hydrogens is 300 g/mol. The highest BCUT2D eigenvalue weighted by Gasteiger charge is 2.43. The third-order valence-electron chi connectivity index (χ3n) is 4.18. The minimum absolute atomic E-state index is 0.00400. The van der Waals surface area contributed by atoms with Gasteiger partial charge in [0.2, 0.25) is 0 Å². The van der Waals surface area contributed by atoms with Gasteiger partial charge in [-0.05, 0) is 24.7 Å². The van der Waals surface area contributed by atoms with Crippen LogP contribution in [0.5, 0.6) is 0 Å². The summed E-state index contributed by atoms with van der Waals surface area (Å²) in [7, 11) is -2.41. The van der Waals surface area contributed by atoms with E-state index in [9.17, 15) is 13.2 Å². The van der Waals surface area contributed by atoms with Crippen molar-refractivity contribution in [3.63, 3.8) is 0 Å². The predicted molar refractivity (Wildman–Crippen MR) is 73.0 cm³/mol. The molecule has 2 aliphatic rings. The number of thiazole rings is 1. The Hall–Kier alpha value is -0.990. The van der Waals surface area contributed by atoms with Crippen LogP contribution in [0.2, 0.25) is 0 Å². The molecule has 0 aromatic carbocycles. The van der Waals surface area contributed by atoms with Gasteiger partial charge < -0.3 is 4.74 Å². The zero-order chi connectivity index (χ0) is 14.3. The summed E-state index contributed by atoms with van der Waals surface area (Å²) >= 11 is 0.974. The Labute approximate surface area is 121 Å². The van der Waals surface area contributed by atoms with E-state index in [1.165, 1.54) is 23.3 Å². The van der Waals surface area contributed by atoms with Crippen LogP contribution >= 0.6 is 11.3 Å². The van der Waals surface area contributed by atoms with Gasteiger partial charge in [0.05, 0.1) is 12.6 Å². The van der Waals surface area contributed by atoms with Crippen molar-refractivity contribution >= 4 is 27.3 Å². The number of hydrogen-bond acceptors (Lipinski definition) is 6. The van der Waals surface area contributed by atoms with Crippen LogP contribution in [-0.2, 0) is 14.8 Å². The van der Waals surface area contributed by atoms with E-state index in [2.05, 4.69) is 9.72 Å². The molecule has 2 unspecified atom stereocenters. The molecule has 1 aromatic rings. The molecule has 1 aliphatic heterocycles. The van der Waals surface area contributed by atoms with E-state index >= 15 is 0 Å². The first kappa shape index (κ1) is 14.0. The highest BCUT2D eigenvalue weighted by atomic mass is 32.2. The van der Waals surface area contributed by atoms with Crippen LogP contribution in [0.4, 0.5) is 0 Å². The van der Waals surface area contributed by atoms with Gasteiger partial charge in [-0.15, -0.1) is 11.3 Å². The van der Waals surface area contributed by atoms with Gasteiger partial charge in [0.15, 0.2) is 9.90 Å². The van der Waals surface area contributed by atoms with Gasteiger partial charge in [0, 0.05) is 13.1 Å². The second kappa shape index (κ2) is 5.09. The quantitative estimate of drug-likeness (QED) is 0.787. The summed E-state index contributed by atoms with van der Waals surface area (Å²) < 4.78 is 31.4. The summed E-state index contributed by atoms with van der Waals surface area (Å²) in [6, 6.07) is 0. The van der Waals surface area contributed by atoms with Gasteiger partial charge in [-0.3, -0.25) is 0 Å². The van der Waals surface area contributed by atoms with Gasteiger partial charge >= 0.3 is 5.97 Å². The molecule has 1 saturated heterocycles. The number of aromatic nitrogens is 1. The second-order valence-corrected chi connectivity index (χ2v) is 8.24. The highest BCUT2D eigenvalue weighted by Crippen LogP contribution is 2.40. The molecule has 0 amide bonds. The van der Waals surface area contributed by atoms with Crippen molar-refractivity contribution in [1.29, 1.82) is 0 Å². The molecule has 6 nitrogen and oxygen atoms in total. The smallest absolute Gasteiger partial charge is 0.358 e. The normalized spacial score (nSPS) is 26.6. The molecule has 0 spiro atoms. The fourth-order valence-electron chi connectivity index (χ4n) is 3.16. The average Bonchev–Trinajstić information content (AvgIpc) is 3.11. The maximum absolute atomic E-state index is 12.7. The Kier molecular flexibility index (Phi) is 3.55. The molecule has 1 aromatic heterocycles. The van der Waals surface area contributed by atoms with E-state index in [1.54, 1.807) is 0 Å². The molecule has 8 heteroatoms. The topological polar surface area (TPSA) is 76.6 Å². The van der Waals surface area contributed by atoms with Gasteiger partial charge in [-0.2, -0.15) is 4.31 Å². The minimum atomic E-state index is -3.63. The van der Waals surface area contributed by atoms with E-state index in [4.69, 9.17) is 0 Å². The fraction of sp³-hybridized carbons (Fsp3) is 0.667. The zero-order valence-electron chi connectivity index (χ0n) is 11.1. The van der Waals surface area contributed by atoms with Crippen molar-refractivity contribution in [1.82, 2.24) is 9.29 Å². The number of carbonyl (C=O) groups excluding carboxylic acids is 1. The van der Waals surface area contributed by atoms with Crippen molar-refractivity contribution in [3.8, 4) is 0 Å². The lowest BCUT2D eigenvalue weighted by atomic mass is 10.0. The van der Waals surface area contributed by atoms with Gasteiger partial charge in [-0.25, -0.2) is 18.2 Å². The van der Waals surface area contributed by atoms with Crippen LogP contribution in [0.15, 0.2) is 9.72 Å². The number of rotatable bonds is 3. The van der Waals surface area contributed by atoms with Crippen LogP contribution in [0.3, 0.4) is 0 Å². The number of esters is 1. The molecule has 0 bridgehead atoms. The lowest BCUT2D eigenvalue weighted by molar-refractivity contribution is 0.0590. The Morgan fingerprint density at radius 2 is 2.05 bits per heavy atom. The van der Waals surface area contributed by atoms with Crippen LogP contribution in [0.1, 0.15) is 29.8 Å². The standard InChI is InChI=1S/C12H16N2O4S2/c1-18-11(15)10-12(19-7-13-10)20(16,17)14-5-8-3-2-4-9(8)6-14/h7-9H,2-6H2,1H3. The summed E-state index contributed by atoms with van der Waals surface area (Å²) in [6.45, 7) is 1.12. The van der Waals surface area contributed by atoms with Crippen molar-refractivity contribution in [2.75, 3.05) is 20.2 Å². The van der Waals surface area contributed by atoms with E-state index in [0.717, 1.165) is 24.2 Å². The number of hydrogen-bond donors (Lipinski definition) is 0. The van der Waals surface area contributed by atoms with E-state index in [1.807, 2.05) is 0 Å². The maximum atomic E-state index is 12.7. The molecule has 1 aliphatic carbocycles. The van der Waals surface area contributed by atoms with Crippen molar-refractivity contribution in [2.24, 2.45) is 11.8 Å². The highest BCUT2D eigenvalue weighted by molar-refractivity contribution is 7.91. The first-order valence-corrected chi connectivity index (χ1v) is 8.88. The van der Waals surface area contributed by atoms with Crippen LogP contribution in [0.25, 0.3) is 0 Å². The SMILES string of the molecule is COC(=O)c1ncsc1S(=O)(=O)N1CC2CCCC2C1. The van der Waals surface area contributed by atoms with Gasteiger partial charge in [0.25, 0.3) is 10.0 Å². The lowest BCUT2D eigenvalue weighted by Crippen LogP contribution is -2.30. The second-order valence-electron chi connectivity index (χ2n) is 5.25. The summed E-state index contributed by atoms with van der Waals surface area (Å²) in [4.78, 5) is 15.4. The lowest BCUT2D eigenvalue weighted by Gasteiger charge is -2.16. The Morgan fingerprint density at radius 1 is 1.40 bits per heavy atom. The Morgan fingerprint density at radius 3 is 2.65 bits per heavy atom. The van der Waals surface area contributed by atoms with E-state index in [0.29, 0.717) is 24.9 Å². The fourth-order valence-corrected chi connectivity index (χ4v) is 5.98. The molecule has 1 saturated carbocycles. The molecular formula is C12H16N2O4S2. The van der Waals surface area contributed by atoms with Crippen molar-refractivity contribution in [2.45, 2.75) is 23.5 Å². The largest absolute Gasteiger partial charge is 0.464 e. The minimum Gasteiger partial charge on any atom is -0.464 e. The number of ether oxygens (including phenoxy) is 1. The molecule has 2 fully saturated rings. The van der Waals surface area contributed by atoms with E-state index in [-0.39, 0.29) is 9.90 Å². The first-order chi connectivity index (χ1) is 9.54. The van der Waals surface area contributed by atoms with Crippen LogP contribution in [-0.4, -0.2) is 43.9 Å². The molecule has 110 valence electrons. The Balaban J connectivity index is 1.89. The Bertz CT molecular complexity index is 613. The molecule has 20 heavy (non-hydrogen) atoms. The third kappa shape index (κ3) is 2.15. The average molecular weight is 316 g/mol. The van der Waals surface area contributed by atoms with Gasteiger partial charge in [-0.1, -0.05) is 6.42 Å². The van der Waals surface area contributed by atoms with Gasteiger partial charge in [0.1, 0.15) is 0 Å². The third-order valence-corrected chi connectivity index (χ3v) is 7.36. The number of nitrogens with zero attached hydrogens (tertiary/aromatic N) is 2. The van der Waals surface area contributed by atoms with Crippen LogP contribution in [0, 0.1) is 11.8 Å². The van der Waals surface area contributed by atoms with E-state index < -0.39 is 16.0 Å². The maximum Gasteiger partial charge on any atom is 0.358 e. The van der Waals surface area contributed by atoms with Crippen LogP contribution < -0.4 is 0 Å². The van der Waals surface area contributed by atoms with Crippen molar-refractivity contribution < 1.29 is 17.9 Å². The molecule has 2 atom stereocenters. The molecule has 3 rings (SSSR count). The number of fused-ring (bicyclic) bond motifs is 1. The summed E-state index contributed by atoms with van der Waals surface area (Å²) in [6.07, 6.45) is 3.39. The number of methoxy groups -OCH3 is 1. The monoisotopic (exact) mass is 316 g/mol. The number of sulfonamides is 1. The molecule has 0 N–H and O–H groups in total. The summed E-state index contributed by atoms with van der Waals surface area (Å²) in [5.41, 5.74) is 1.27. The summed E-state index contributed by atoms with van der Waals surface area (Å²) in [5, 5.41) is 0. The molecule has 2 heterocycles. The summed E-state index contributed by atoms with van der Waals surface area (Å²) in [5.74, 6) is 0.239. The number of carbonyl (C=O) groups is 1. The zero-order valence-corrected chi connectivity index (χ0v) is 12.7.